The molecule has 1 aliphatic rings. The van der Waals surface area contributed by atoms with E-state index in [4.69, 9.17) is 4.74 Å². The van der Waals surface area contributed by atoms with Crippen molar-refractivity contribution in [2.45, 2.75) is 39.2 Å². The summed E-state index contributed by atoms with van der Waals surface area (Å²) in [5, 5.41) is 3.54. The molecular formula is C22H30N2O. The molecular weight excluding hydrogens is 308 g/mol. The molecule has 0 aromatic heterocycles. The van der Waals surface area contributed by atoms with E-state index in [1.807, 2.05) is 19.1 Å². The minimum absolute atomic E-state index is 0.709. The fourth-order valence-corrected chi connectivity index (χ4v) is 3.43. The Balaban J connectivity index is 1.44. The molecule has 1 fully saturated rings. The molecule has 3 nitrogen and oxygen atoms in total. The summed E-state index contributed by atoms with van der Waals surface area (Å²) in [5.41, 5.74) is 4.00. The second-order valence-electron chi connectivity index (χ2n) is 6.68. The highest BCUT2D eigenvalue weighted by atomic mass is 16.5. The lowest BCUT2D eigenvalue weighted by atomic mass is 10.1. The molecule has 1 heterocycles. The Hall–Kier alpha value is -2.00. The second-order valence-corrected chi connectivity index (χ2v) is 6.68. The normalized spacial score (nSPS) is 14.5. The Kier molecular flexibility index (Phi) is 6.75. The third kappa shape index (κ3) is 5.23. The number of nitrogens with zero attached hydrogens (tertiary/aromatic N) is 1. The summed E-state index contributed by atoms with van der Waals surface area (Å²) in [5.74, 6) is 0.989. The zero-order chi connectivity index (χ0) is 17.3. The first-order valence-electron chi connectivity index (χ1n) is 9.62. The highest BCUT2D eigenvalue weighted by molar-refractivity contribution is 5.48. The van der Waals surface area contributed by atoms with Crippen LogP contribution in [0.25, 0.3) is 0 Å². The van der Waals surface area contributed by atoms with Gasteiger partial charge in [-0.1, -0.05) is 30.3 Å². The van der Waals surface area contributed by atoms with Crippen LogP contribution in [0.15, 0.2) is 48.5 Å². The standard InChI is InChI=1S/C22H30N2O/c1-2-25-22-9-5-4-8-20(22)18-23-15-14-19-10-12-21(13-11-19)24-16-6-3-7-17-24/h4-5,8-13,23H,2-3,6-7,14-18H2,1H3. The molecule has 0 saturated carbocycles. The fourth-order valence-electron chi connectivity index (χ4n) is 3.43. The number of anilines is 1. The number of ether oxygens (including phenoxy) is 1. The van der Waals surface area contributed by atoms with Gasteiger partial charge < -0.3 is 15.0 Å². The van der Waals surface area contributed by atoms with Crippen LogP contribution in [-0.2, 0) is 13.0 Å². The van der Waals surface area contributed by atoms with E-state index >= 15 is 0 Å². The largest absolute Gasteiger partial charge is 0.494 e. The van der Waals surface area contributed by atoms with Gasteiger partial charge in [0.1, 0.15) is 5.75 Å². The molecule has 1 saturated heterocycles. The van der Waals surface area contributed by atoms with Crippen LogP contribution in [0.2, 0.25) is 0 Å². The highest BCUT2D eigenvalue weighted by Crippen LogP contribution is 2.20. The zero-order valence-electron chi connectivity index (χ0n) is 15.3. The molecule has 0 bridgehead atoms. The van der Waals surface area contributed by atoms with Crippen LogP contribution < -0.4 is 15.0 Å². The van der Waals surface area contributed by atoms with E-state index < -0.39 is 0 Å². The van der Waals surface area contributed by atoms with E-state index in [1.54, 1.807) is 0 Å². The Morgan fingerprint density at radius 3 is 2.48 bits per heavy atom. The first-order chi connectivity index (χ1) is 12.4. The molecule has 3 rings (SSSR count). The lowest BCUT2D eigenvalue weighted by Crippen LogP contribution is -2.29. The number of nitrogens with one attached hydrogen (secondary N) is 1. The van der Waals surface area contributed by atoms with E-state index in [0.29, 0.717) is 6.61 Å². The van der Waals surface area contributed by atoms with E-state index in [1.165, 1.54) is 49.2 Å². The summed E-state index contributed by atoms with van der Waals surface area (Å²) in [4.78, 5) is 2.51. The maximum absolute atomic E-state index is 5.68. The zero-order valence-corrected chi connectivity index (χ0v) is 15.3. The van der Waals surface area contributed by atoms with Crippen LogP contribution in [0.3, 0.4) is 0 Å². The summed E-state index contributed by atoms with van der Waals surface area (Å²) in [6.07, 6.45) is 5.09. The van der Waals surface area contributed by atoms with Crippen molar-refractivity contribution in [1.29, 1.82) is 0 Å². The minimum Gasteiger partial charge on any atom is -0.494 e. The second kappa shape index (κ2) is 9.47. The Labute approximate surface area is 152 Å². The summed E-state index contributed by atoms with van der Waals surface area (Å²) >= 11 is 0. The molecule has 0 unspecified atom stereocenters. The lowest BCUT2D eigenvalue weighted by molar-refractivity contribution is 0.335. The van der Waals surface area contributed by atoms with E-state index in [9.17, 15) is 0 Å². The van der Waals surface area contributed by atoms with Crippen LogP contribution in [0.4, 0.5) is 5.69 Å². The van der Waals surface area contributed by atoms with Crippen molar-refractivity contribution in [3.05, 3.63) is 59.7 Å². The molecule has 0 aliphatic carbocycles. The Morgan fingerprint density at radius 2 is 1.72 bits per heavy atom. The molecule has 1 N–H and O–H groups in total. The predicted molar refractivity (Wildman–Crippen MR) is 106 cm³/mol. The Morgan fingerprint density at radius 1 is 0.960 bits per heavy atom. The SMILES string of the molecule is CCOc1ccccc1CNCCc1ccc(N2CCCCC2)cc1. The number of hydrogen-bond donors (Lipinski definition) is 1. The third-order valence-electron chi connectivity index (χ3n) is 4.84. The average molecular weight is 338 g/mol. The van der Waals surface area contributed by atoms with Crippen molar-refractivity contribution < 1.29 is 4.74 Å². The number of benzene rings is 2. The molecule has 25 heavy (non-hydrogen) atoms. The van der Waals surface area contributed by atoms with E-state index in [-0.39, 0.29) is 0 Å². The molecule has 2 aromatic carbocycles. The van der Waals surface area contributed by atoms with Gasteiger partial charge in [-0.3, -0.25) is 0 Å². The van der Waals surface area contributed by atoms with Gasteiger partial charge in [-0.25, -0.2) is 0 Å². The van der Waals surface area contributed by atoms with Gasteiger partial charge >= 0.3 is 0 Å². The molecule has 1 aliphatic heterocycles. The van der Waals surface area contributed by atoms with Gasteiger partial charge in [0, 0.05) is 30.9 Å². The predicted octanol–water partition coefficient (Wildman–Crippen LogP) is 4.41. The van der Waals surface area contributed by atoms with Crippen molar-refractivity contribution in [1.82, 2.24) is 5.32 Å². The number of piperidine rings is 1. The monoisotopic (exact) mass is 338 g/mol. The van der Waals surface area contributed by atoms with Crippen LogP contribution in [0, 0.1) is 0 Å². The molecule has 0 atom stereocenters. The molecule has 0 amide bonds. The van der Waals surface area contributed by atoms with Gasteiger partial charge in [-0.2, -0.15) is 0 Å². The first kappa shape index (κ1) is 17.8. The van der Waals surface area contributed by atoms with Crippen LogP contribution in [0.5, 0.6) is 5.75 Å². The fraction of sp³-hybridized carbons (Fsp3) is 0.455. The summed E-state index contributed by atoms with van der Waals surface area (Å²) in [6, 6.07) is 17.4. The van der Waals surface area contributed by atoms with Gasteiger partial charge in [-0.15, -0.1) is 0 Å². The van der Waals surface area contributed by atoms with Gasteiger partial charge in [-0.05, 0) is 62.9 Å². The van der Waals surface area contributed by atoms with Crippen molar-refractivity contribution in [3.8, 4) is 5.75 Å². The van der Waals surface area contributed by atoms with Crippen LogP contribution >= 0.6 is 0 Å². The maximum Gasteiger partial charge on any atom is 0.123 e. The molecule has 134 valence electrons. The van der Waals surface area contributed by atoms with Crippen LogP contribution in [-0.4, -0.2) is 26.2 Å². The first-order valence-corrected chi connectivity index (χ1v) is 9.62. The van der Waals surface area contributed by atoms with Gasteiger partial charge in [0.15, 0.2) is 0 Å². The smallest absolute Gasteiger partial charge is 0.123 e. The number of para-hydroxylation sites is 1. The van der Waals surface area contributed by atoms with E-state index in [0.717, 1.165) is 25.3 Å². The third-order valence-corrected chi connectivity index (χ3v) is 4.84. The lowest BCUT2D eigenvalue weighted by Gasteiger charge is -2.28. The summed E-state index contributed by atoms with van der Waals surface area (Å²) in [7, 11) is 0. The summed E-state index contributed by atoms with van der Waals surface area (Å²) < 4.78 is 5.68. The van der Waals surface area contributed by atoms with Gasteiger partial charge in [0.05, 0.1) is 6.61 Å². The number of rotatable bonds is 8. The van der Waals surface area contributed by atoms with Gasteiger partial charge in [0.2, 0.25) is 0 Å². The maximum atomic E-state index is 5.68. The summed E-state index contributed by atoms with van der Waals surface area (Å²) in [6.45, 7) is 6.98. The van der Waals surface area contributed by atoms with Crippen molar-refractivity contribution in [2.75, 3.05) is 31.1 Å². The van der Waals surface area contributed by atoms with Crippen molar-refractivity contribution >= 4 is 5.69 Å². The molecule has 0 radical (unpaired) electrons. The molecule has 3 heteroatoms. The van der Waals surface area contributed by atoms with Crippen LogP contribution in [0.1, 0.15) is 37.3 Å². The van der Waals surface area contributed by atoms with E-state index in [2.05, 4.69) is 46.6 Å². The number of hydrogen-bond acceptors (Lipinski definition) is 3. The topological polar surface area (TPSA) is 24.5 Å². The van der Waals surface area contributed by atoms with Gasteiger partial charge in [0.25, 0.3) is 0 Å². The molecule has 0 spiro atoms. The highest BCUT2D eigenvalue weighted by Gasteiger charge is 2.10. The molecule has 2 aromatic rings. The average Bonchev–Trinajstić information content (AvgIpc) is 2.68. The minimum atomic E-state index is 0.709. The Bertz CT molecular complexity index is 633. The van der Waals surface area contributed by atoms with Crippen molar-refractivity contribution in [2.24, 2.45) is 0 Å². The quantitative estimate of drug-likeness (QED) is 0.722. The van der Waals surface area contributed by atoms with Crippen molar-refractivity contribution in [3.63, 3.8) is 0 Å².